The molecule has 4 heteroatoms. The third-order valence-electron chi connectivity index (χ3n) is 7.50. The molecule has 4 rings (SSSR count). The fourth-order valence-electron chi connectivity index (χ4n) is 5.84. The fraction of sp³-hybridized carbons (Fsp3) is 0.432. The predicted molar refractivity (Wildman–Crippen MR) is 178 cm³/mol. The number of para-hydroxylation sites is 2. The molecule has 0 amide bonds. The second-order valence-corrected chi connectivity index (χ2v) is 14.3. The molecule has 1 atom stereocenters. The van der Waals surface area contributed by atoms with Gasteiger partial charge in [-0.2, -0.15) is 0 Å². The molecule has 1 fully saturated rings. The van der Waals surface area contributed by atoms with Crippen molar-refractivity contribution in [1.82, 2.24) is 0 Å². The van der Waals surface area contributed by atoms with Gasteiger partial charge >= 0.3 is 90.3 Å². The van der Waals surface area contributed by atoms with Crippen LogP contribution in [0.2, 0.25) is 0 Å². The van der Waals surface area contributed by atoms with E-state index in [1.807, 2.05) is 42.7 Å². The number of hydrogen-bond donors (Lipinski definition) is 0. The van der Waals surface area contributed by atoms with Gasteiger partial charge < -0.3 is 12.3 Å². The van der Waals surface area contributed by atoms with Crippen molar-refractivity contribution in [2.24, 2.45) is 5.92 Å². The zero-order chi connectivity index (χ0) is 29.5. The SMILES string of the molecule is CC(C)Oc1ccccc1[CH]=[Ru][Cl].CCc1cccc(C)c1N1[CH-]C(C)(c2ccc(CC(C)C)cc2)CC1(C)C.[CH3-]. The molecule has 227 valence electrons. The van der Waals surface area contributed by atoms with E-state index in [1.54, 1.807) is 0 Å². The van der Waals surface area contributed by atoms with E-state index in [4.69, 9.17) is 14.4 Å². The summed E-state index contributed by atoms with van der Waals surface area (Å²) in [6, 6.07) is 24.0. The van der Waals surface area contributed by atoms with E-state index in [1.165, 1.54) is 27.9 Å². The van der Waals surface area contributed by atoms with Crippen LogP contribution in [-0.4, -0.2) is 16.3 Å². The van der Waals surface area contributed by atoms with Crippen LogP contribution in [0.3, 0.4) is 0 Å². The van der Waals surface area contributed by atoms with Crippen LogP contribution >= 0.6 is 9.69 Å². The number of ether oxygens (including phenoxy) is 1. The Morgan fingerprint density at radius 1 is 0.976 bits per heavy atom. The quantitative estimate of drug-likeness (QED) is 0.176. The smallest absolute Gasteiger partial charge is 0.0137 e. The summed E-state index contributed by atoms with van der Waals surface area (Å²) in [5.74, 6) is 1.62. The van der Waals surface area contributed by atoms with E-state index in [0.29, 0.717) is 5.92 Å². The van der Waals surface area contributed by atoms with Gasteiger partial charge in [0.05, 0.1) is 0 Å². The van der Waals surface area contributed by atoms with Gasteiger partial charge in [0.2, 0.25) is 0 Å². The fourth-order valence-corrected chi connectivity index (χ4v) is 6.95. The van der Waals surface area contributed by atoms with Crippen LogP contribution in [-0.2, 0) is 33.9 Å². The molecule has 0 saturated carbocycles. The summed E-state index contributed by atoms with van der Waals surface area (Å²) in [6.07, 6.45) is 3.56. The number of anilines is 1. The van der Waals surface area contributed by atoms with E-state index >= 15 is 0 Å². The second-order valence-electron chi connectivity index (χ2n) is 12.5. The molecule has 1 unspecified atom stereocenters. The van der Waals surface area contributed by atoms with Crippen molar-refractivity contribution in [3.05, 3.63) is 109 Å². The Hall–Kier alpha value is -1.96. The van der Waals surface area contributed by atoms with E-state index in [-0.39, 0.29) is 40.2 Å². The standard InChI is InChI=1S/C26H36N.C10H12O.CH3.ClH.Ru/c1-8-22-11-9-10-20(4)24(22)27-18-26(7,17-25(27,5)6)23-14-12-21(13-15-23)16-19(2)3;1-8(2)11-10-7-5-4-6-9(10)3;;;/h9-15,18-19H,8,16-17H2,1-7H3;3-8H,1-2H3;1H3;1H;/q-1;;-1;;+1/p-1. The van der Waals surface area contributed by atoms with Crippen molar-refractivity contribution in [2.45, 2.75) is 98.6 Å². The summed E-state index contributed by atoms with van der Waals surface area (Å²) in [5, 5.41) is 0. The van der Waals surface area contributed by atoms with Gasteiger partial charge in [-0.25, -0.2) is 6.54 Å². The Morgan fingerprint density at radius 3 is 2.22 bits per heavy atom. The van der Waals surface area contributed by atoms with E-state index in [2.05, 4.69) is 102 Å². The molecule has 0 radical (unpaired) electrons. The van der Waals surface area contributed by atoms with Crippen molar-refractivity contribution in [1.29, 1.82) is 0 Å². The van der Waals surface area contributed by atoms with Gasteiger partial charge in [0, 0.05) is 11.2 Å². The molecule has 0 N–H and O–H groups in total. The number of aryl methyl sites for hydroxylation is 2. The summed E-state index contributed by atoms with van der Waals surface area (Å²) in [7, 11) is 5.72. The zero-order valence-electron chi connectivity index (χ0n) is 26.9. The van der Waals surface area contributed by atoms with E-state index < -0.39 is 0 Å². The summed E-state index contributed by atoms with van der Waals surface area (Å²) >= 11 is -0.191. The van der Waals surface area contributed by atoms with Crippen molar-refractivity contribution in [3.63, 3.8) is 0 Å². The number of halogens is 1. The first kappa shape index (κ1) is 35.2. The molecule has 0 spiro atoms. The minimum Gasteiger partial charge on any atom is -0.517 e. The van der Waals surface area contributed by atoms with Gasteiger partial charge in [-0.15, -0.1) is 5.41 Å². The molecular weight excluding hydrogens is 611 g/mol. The molecule has 3 aromatic rings. The molecule has 0 bridgehead atoms. The summed E-state index contributed by atoms with van der Waals surface area (Å²) in [4.78, 5) is 2.56. The minimum atomic E-state index is -0.191. The maximum atomic E-state index is 5.72. The first-order chi connectivity index (χ1) is 18.9. The first-order valence-electron chi connectivity index (χ1n) is 14.5. The third-order valence-corrected chi connectivity index (χ3v) is 8.68. The molecule has 1 saturated heterocycles. The monoisotopic (exact) mass is 662 g/mol. The van der Waals surface area contributed by atoms with Crippen LogP contribution in [0.1, 0.15) is 89.6 Å². The Labute approximate surface area is 263 Å². The van der Waals surface area contributed by atoms with Crippen LogP contribution in [0.5, 0.6) is 5.75 Å². The molecular formula is C37H51ClNORu-2. The predicted octanol–water partition coefficient (Wildman–Crippen LogP) is 10.2. The van der Waals surface area contributed by atoms with Crippen molar-refractivity contribution < 1.29 is 20.4 Å². The topological polar surface area (TPSA) is 12.5 Å². The molecule has 1 aliphatic heterocycles. The average Bonchev–Trinajstić information content (AvgIpc) is 3.14. The molecule has 1 heterocycles. The number of hydrogen-bond acceptors (Lipinski definition) is 2. The van der Waals surface area contributed by atoms with Crippen LogP contribution in [0.15, 0.2) is 66.7 Å². The number of benzene rings is 3. The Kier molecular flexibility index (Phi) is 13.3. The van der Waals surface area contributed by atoms with Crippen LogP contribution in [0.25, 0.3) is 0 Å². The molecule has 0 aliphatic carbocycles. The first-order valence-corrected chi connectivity index (χ1v) is 17.8. The Morgan fingerprint density at radius 2 is 1.63 bits per heavy atom. The molecule has 2 nitrogen and oxygen atoms in total. The molecule has 1 aliphatic rings. The van der Waals surface area contributed by atoms with Crippen molar-refractivity contribution in [3.8, 4) is 5.75 Å². The van der Waals surface area contributed by atoms with Gasteiger partial charge in [0.25, 0.3) is 0 Å². The number of rotatable bonds is 8. The van der Waals surface area contributed by atoms with E-state index in [9.17, 15) is 0 Å². The minimum absolute atomic E-state index is 0. The molecule has 3 aromatic carbocycles. The largest absolute Gasteiger partial charge is 0.517 e. The normalized spacial score (nSPS) is 18.1. The maximum absolute atomic E-state index is 5.72. The van der Waals surface area contributed by atoms with Gasteiger partial charge in [0.15, 0.2) is 0 Å². The van der Waals surface area contributed by atoms with Gasteiger partial charge in [0.1, 0.15) is 0 Å². The Bertz CT molecular complexity index is 1260. The maximum Gasteiger partial charge on any atom is 0.0137 e. The van der Waals surface area contributed by atoms with Crippen molar-refractivity contribution >= 4 is 20.0 Å². The van der Waals surface area contributed by atoms with Crippen LogP contribution in [0.4, 0.5) is 5.69 Å². The van der Waals surface area contributed by atoms with Gasteiger partial charge in [-0.05, 0) is 62.6 Å². The van der Waals surface area contributed by atoms with Gasteiger partial charge in [-0.3, -0.25) is 0 Å². The summed E-state index contributed by atoms with van der Waals surface area (Å²) in [5.41, 5.74) is 8.35. The van der Waals surface area contributed by atoms with E-state index in [0.717, 1.165) is 30.6 Å². The average molecular weight is 662 g/mol. The van der Waals surface area contributed by atoms with Gasteiger partial charge in [-0.1, -0.05) is 75.7 Å². The third kappa shape index (κ3) is 9.26. The van der Waals surface area contributed by atoms with Crippen LogP contribution < -0.4 is 9.64 Å². The van der Waals surface area contributed by atoms with Crippen LogP contribution in [0, 0.1) is 26.8 Å². The summed E-state index contributed by atoms with van der Waals surface area (Å²) in [6.45, 7) is 22.8. The molecule has 41 heavy (non-hydrogen) atoms. The Balaban J connectivity index is 0.000000355. The van der Waals surface area contributed by atoms with Crippen molar-refractivity contribution in [2.75, 3.05) is 4.90 Å². The summed E-state index contributed by atoms with van der Waals surface area (Å²) < 4.78 is 7.66. The zero-order valence-corrected chi connectivity index (χ0v) is 29.4. The molecule has 0 aromatic heterocycles. The second kappa shape index (κ2) is 15.5. The number of nitrogens with zero attached hydrogens (tertiary/aromatic N) is 1.